The summed E-state index contributed by atoms with van der Waals surface area (Å²) in [6, 6.07) is 5.33. The monoisotopic (exact) mass is 378 g/mol. The molecule has 0 fully saturated rings. The molecule has 2 aromatic heterocycles. The number of nitrogens with one attached hydrogen (secondary N) is 1. The Bertz CT molecular complexity index is 928. The van der Waals surface area contributed by atoms with Gasteiger partial charge in [0.2, 0.25) is 0 Å². The molecule has 0 radical (unpaired) electrons. The van der Waals surface area contributed by atoms with Gasteiger partial charge in [-0.15, -0.1) is 0 Å². The molecule has 0 saturated carbocycles. The Morgan fingerprint density at radius 3 is 2.88 bits per heavy atom. The van der Waals surface area contributed by atoms with Crippen LogP contribution in [0.1, 0.15) is 24.8 Å². The quantitative estimate of drug-likeness (QED) is 0.761. The topological polar surface area (TPSA) is 116 Å². The van der Waals surface area contributed by atoms with Crippen molar-refractivity contribution in [1.82, 2.24) is 15.0 Å². The van der Waals surface area contributed by atoms with Gasteiger partial charge in [-0.2, -0.15) is 0 Å². The number of hydrogen-bond donors (Lipinski definition) is 2. The molecule has 0 aliphatic carbocycles. The number of rotatable bonds is 6. The first-order valence-electron chi connectivity index (χ1n) is 8.52. The number of sulfone groups is 1. The van der Waals surface area contributed by atoms with Crippen molar-refractivity contribution in [3.05, 3.63) is 40.3 Å². The summed E-state index contributed by atoms with van der Waals surface area (Å²) in [5, 5.41) is 10.5. The number of aromatic nitrogens is 3. The molecule has 0 spiro atoms. The third-order valence-corrected chi connectivity index (χ3v) is 5.37. The molecular formula is C17H22N4O4S. The second kappa shape index (κ2) is 7.55. The number of fused-ring (bicyclic) bond motifs is 1. The van der Waals surface area contributed by atoms with E-state index in [0.717, 1.165) is 6.42 Å². The molecule has 0 aromatic carbocycles. The highest BCUT2D eigenvalue weighted by atomic mass is 32.2. The highest BCUT2D eigenvalue weighted by molar-refractivity contribution is 7.90. The molecule has 1 atom stereocenters. The lowest BCUT2D eigenvalue weighted by molar-refractivity contribution is 0.154. The Morgan fingerprint density at radius 1 is 1.38 bits per heavy atom. The van der Waals surface area contributed by atoms with Gasteiger partial charge in [0, 0.05) is 19.0 Å². The normalized spacial score (nSPS) is 15.5. The van der Waals surface area contributed by atoms with Crippen molar-refractivity contribution in [2.75, 3.05) is 23.5 Å². The maximum atomic E-state index is 12.5. The first kappa shape index (κ1) is 18.5. The van der Waals surface area contributed by atoms with Gasteiger partial charge in [-0.3, -0.25) is 9.78 Å². The summed E-state index contributed by atoms with van der Waals surface area (Å²) in [4.78, 5) is 25.6. The van der Waals surface area contributed by atoms with E-state index < -0.39 is 16.1 Å². The van der Waals surface area contributed by atoms with Crippen LogP contribution in [0.3, 0.4) is 0 Å². The zero-order valence-electron chi connectivity index (χ0n) is 14.6. The molecule has 1 aliphatic heterocycles. The minimum atomic E-state index is -3.07. The van der Waals surface area contributed by atoms with Crippen molar-refractivity contribution in [2.24, 2.45) is 0 Å². The maximum Gasteiger partial charge on any atom is 0.256 e. The van der Waals surface area contributed by atoms with E-state index in [4.69, 9.17) is 0 Å². The van der Waals surface area contributed by atoms with Crippen molar-refractivity contribution in [1.29, 1.82) is 0 Å². The van der Waals surface area contributed by atoms with Crippen LogP contribution in [0.2, 0.25) is 0 Å². The van der Waals surface area contributed by atoms with Gasteiger partial charge in [0.05, 0.1) is 11.3 Å². The fourth-order valence-corrected chi connectivity index (χ4v) is 3.77. The van der Waals surface area contributed by atoms with Crippen LogP contribution in [0, 0.1) is 0 Å². The van der Waals surface area contributed by atoms with Crippen molar-refractivity contribution >= 4 is 15.7 Å². The number of pyridine rings is 1. The first-order chi connectivity index (χ1) is 12.3. The average molecular weight is 378 g/mol. The molecule has 2 N–H and O–H groups in total. The number of anilines is 1. The highest BCUT2D eigenvalue weighted by Crippen LogP contribution is 2.26. The molecule has 0 amide bonds. The number of hydrogen-bond acceptors (Lipinski definition) is 7. The average Bonchev–Trinajstić information content (AvgIpc) is 2.61. The molecule has 1 unspecified atom stereocenters. The standard InChI is InChI=1S/C17H22N4O4S/c1-26(24,25)11-5-8-14(22)21-10-4-6-12-16(21)19-15(20-17(12)23)13-7-2-3-9-18-13/h2-3,7,9,14,22H,4-6,8,10-11H2,1H3,(H,19,20,23). The molecule has 3 heterocycles. The van der Waals surface area contributed by atoms with E-state index in [2.05, 4.69) is 15.0 Å². The molecular weight excluding hydrogens is 356 g/mol. The maximum absolute atomic E-state index is 12.5. The third kappa shape index (κ3) is 4.28. The van der Waals surface area contributed by atoms with Gasteiger partial charge in [-0.1, -0.05) is 6.07 Å². The summed E-state index contributed by atoms with van der Waals surface area (Å²) < 4.78 is 22.5. The summed E-state index contributed by atoms with van der Waals surface area (Å²) in [5.41, 5.74) is 0.853. The van der Waals surface area contributed by atoms with Gasteiger partial charge < -0.3 is 15.0 Å². The summed E-state index contributed by atoms with van der Waals surface area (Å²) in [6.45, 7) is 0.561. The van der Waals surface area contributed by atoms with E-state index in [-0.39, 0.29) is 11.3 Å². The molecule has 9 heteroatoms. The van der Waals surface area contributed by atoms with Crippen molar-refractivity contribution in [3.63, 3.8) is 0 Å². The molecule has 0 bridgehead atoms. The SMILES string of the molecule is CS(=O)(=O)CCCC(O)N1CCCc2c1nc(-c1ccccn1)[nH]c2=O. The molecule has 2 aromatic rings. The molecule has 8 nitrogen and oxygen atoms in total. The summed E-state index contributed by atoms with van der Waals surface area (Å²) in [5.74, 6) is 0.823. The minimum absolute atomic E-state index is 0.0206. The van der Waals surface area contributed by atoms with Gasteiger partial charge in [0.1, 0.15) is 27.6 Å². The Hall–Kier alpha value is -2.26. The van der Waals surface area contributed by atoms with E-state index in [9.17, 15) is 18.3 Å². The van der Waals surface area contributed by atoms with Crippen molar-refractivity contribution < 1.29 is 13.5 Å². The Labute approximate surface area is 151 Å². The molecule has 0 saturated heterocycles. The van der Waals surface area contributed by atoms with Crippen LogP contribution >= 0.6 is 0 Å². The minimum Gasteiger partial charge on any atom is -0.374 e. The fourth-order valence-electron chi connectivity index (χ4n) is 3.08. The molecule has 26 heavy (non-hydrogen) atoms. The number of nitrogens with zero attached hydrogens (tertiary/aromatic N) is 3. The van der Waals surface area contributed by atoms with Crippen LogP contribution in [0.5, 0.6) is 0 Å². The second-order valence-electron chi connectivity index (χ2n) is 6.48. The Balaban J connectivity index is 1.88. The number of aliphatic hydroxyl groups excluding tert-OH is 1. The highest BCUT2D eigenvalue weighted by Gasteiger charge is 2.27. The second-order valence-corrected chi connectivity index (χ2v) is 8.74. The van der Waals surface area contributed by atoms with Gasteiger partial charge in [0.15, 0.2) is 5.82 Å². The van der Waals surface area contributed by atoms with Crippen LogP contribution in [-0.2, 0) is 16.3 Å². The zero-order chi connectivity index (χ0) is 18.7. The number of aromatic amines is 1. The van der Waals surface area contributed by atoms with Crippen LogP contribution in [-0.4, -0.2) is 53.3 Å². The van der Waals surface area contributed by atoms with Crippen LogP contribution in [0.25, 0.3) is 11.5 Å². The van der Waals surface area contributed by atoms with Crippen molar-refractivity contribution in [2.45, 2.75) is 31.9 Å². The zero-order valence-corrected chi connectivity index (χ0v) is 15.4. The Kier molecular flexibility index (Phi) is 5.38. The van der Waals surface area contributed by atoms with E-state index in [0.29, 0.717) is 48.7 Å². The predicted molar refractivity (Wildman–Crippen MR) is 98.7 cm³/mol. The number of aliphatic hydroxyl groups is 1. The smallest absolute Gasteiger partial charge is 0.256 e. The van der Waals surface area contributed by atoms with Gasteiger partial charge >= 0.3 is 0 Å². The summed E-state index contributed by atoms with van der Waals surface area (Å²) >= 11 is 0. The van der Waals surface area contributed by atoms with E-state index in [1.54, 1.807) is 29.3 Å². The third-order valence-electron chi connectivity index (χ3n) is 4.34. The largest absolute Gasteiger partial charge is 0.374 e. The Morgan fingerprint density at radius 2 is 2.19 bits per heavy atom. The number of H-pyrrole nitrogens is 1. The van der Waals surface area contributed by atoms with E-state index in [1.165, 1.54) is 6.26 Å². The van der Waals surface area contributed by atoms with Gasteiger partial charge in [0.25, 0.3) is 5.56 Å². The lowest BCUT2D eigenvalue weighted by atomic mass is 10.1. The molecule has 1 aliphatic rings. The lowest BCUT2D eigenvalue weighted by Crippen LogP contribution is -2.42. The van der Waals surface area contributed by atoms with Crippen LogP contribution < -0.4 is 10.5 Å². The molecule has 3 rings (SSSR count). The van der Waals surface area contributed by atoms with Gasteiger partial charge in [-0.25, -0.2) is 13.4 Å². The van der Waals surface area contributed by atoms with Crippen LogP contribution in [0.4, 0.5) is 5.82 Å². The van der Waals surface area contributed by atoms with E-state index in [1.807, 2.05) is 0 Å². The lowest BCUT2D eigenvalue weighted by Gasteiger charge is -2.33. The first-order valence-corrected chi connectivity index (χ1v) is 10.6. The fraction of sp³-hybridized carbons (Fsp3) is 0.471. The summed E-state index contributed by atoms with van der Waals surface area (Å²) in [6.07, 6.45) is 3.86. The predicted octanol–water partition coefficient (Wildman–Crippen LogP) is 0.728. The molecule has 140 valence electrons. The van der Waals surface area contributed by atoms with Crippen LogP contribution in [0.15, 0.2) is 29.2 Å². The summed E-state index contributed by atoms with van der Waals surface area (Å²) in [7, 11) is -3.07. The van der Waals surface area contributed by atoms with Gasteiger partial charge in [-0.05, 0) is 37.8 Å². The van der Waals surface area contributed by atoms with E-state index >= 15 is 0 Å². The van der Waals surface area contributed by atoms with Crippen molar-refractivity contribution in [3.8, 4) is 11.5 Å².